The van der Waals surface area contributed by atoms with Crippen molar-refractivity contribution < 1.29 is 9.53 Å². The SMILES string of the molecule is COc1cc(C(=O)NCC(C)(C)CCCBr)ccc1C. The lowest BCUT2D eigenvalue weighted by Gasteiger charge is -2.24. The second-order valence-electron chi connectivity index (χ2n) is 5.82. The molecule has 1 aromatic carbocycles. The predicted octanol–water partition coefficient (Wildman–Crippen LogP) is 3.93. The van der Waals surface area contributed by atoms with Crippen LogP contribution in [0.25, 0.3) is 0 Å². The summed E-state index contributed by atoms with van der Waals surface area (Å²) in [7, 11) is 1.62. The van der Waals surface area contributed by atoms with Gasteiger partial charge in [-0.1, -0.05) is 35.8 Å². The lowest BCUT2D eigenvalue weighted by molar-refractivity contribution is 0.0934. The Kier molecular flexibility index (Phi) is 6.53. The minimum Gasteiger partial charge on any atom is -0.496 e. The Morgan fingerprint density at radius 2 is 2.10 bits per heavy atom. The number of methoxy groups -OCH3 is 1. The standard InChI is InChI=1S/C16H24BrNO2/c1-12-6-7-13(10-14(12)20-4)15(19)18-11-16(2,3)8-5-9-17/h6-7,10H,5,8-9,11H2,1-4H3,(H,18,19). The molecule has 0 spiro atoms. The van der Waals surface area contributed by atoms with Gasteiger partial charge in [0.15, 0.2) is 0 Å². The topological polar surface area (TPSA) is 38.3 Å². The van der Waals surface area contributed by atoms with Crippen LogP contribution in [0.3, 0.4) is 0 Å². The van der Waals surface area contributed by atoms with Gasteiger partial charge < -0.3 is 10.1 Å². The molecule has 1 N–H and O–H groups in total. The molecule has 0 aliphatic rings. The molecule has 0 atom stereocenters. The fourth-order valence-electron chi connectivity index (χ4n) is 2.02. The van der Waals surface area contributed by atoms with Gasteiger partial charge in [-0.2, -0.15) is 0 Å². The number of carbonyl (C=O) groups is 1. The van der Waals surface area contributed by atoms with Crippen LogP contribution in [0.1, 0.15) is 42.6 Å². The Morgan fingerprint density at radius 3 is 2.70 bits per heavy atom. The molecule has 3 nitrogen and oxygen atoms in total. The summed E-state index contributed by atoms with van der Waals surface area (Å²) in [6.45, 7) is 6.98. The van der Waals surface area contributed by atoms with E-state index in [1.54, 1.807) is 13.2 Å². The molecule has 0 unspecified atom stereocenters. The van der Waals surface area contributed by atoms with Crippen LogP contribution >= 0.6 is 15.9 Å². The van der Waals surface area contributed by atoms with Crippen molar-refractivity contribution in [3.05, 3.63) is 29.3 Å². The summed E-state index contributed by atoms with van der Waals surface area (Å²) in [5.74, 6) is 0.700. The van der Waals surface area contributed by atoms with Gasteiger partial charge in [0.25, 0.3) is 5.91 Å². The van der Waals surface area contributed by atoms with Crippen LogP contribution in [0.2, 0.25) is 0 Å². The van der Waals surface area contributed by atoms with Crippen molar-refractivity contribution in [2.75, 3.05) is 19.0 Å². The second-order valence-corrected chi connectivity index (χ2v) is 6.62. The van der Waals surface area contributed by atoms with Gasteiger partial charge in [-0.25, -0.2) is 0 Å². The smallest absolute Gasteiger partial charge is 0.251 e. The molecule has 20 heavy (non-hydrogen) atoms. The number of alkyl halides is 1. The van der Waals surface area contributed by atoms with Crippen LogP contribution in [0.5, 0.6) is 5.75 Å². The lowest BCUT2D eigenvalue weighted by Crippen LogP contribution is -2.34. The van der Waals surface area contributed by atoms with Crippen molar-refractivity contribution in [2.45, 2.75) is 33.6 Å². The first-order chi connectivity index (χ1) is 9.39. The van der Waals surface area contributed by atoms with Crippen LogP contribution in [-0.4, -0.2) is 24.9 Å². The first-order valence-electron chi connectivity index (χ1n) is 6.88. The maximum atomic E-state index is 12.2. The molecule has 0 heterocycles. The molecule has 0 aromatic heterocycles. The highest BCUT2D eigenvalue weighted by Crippen LogP contribution is 2.22. The highest BCUT2D eigenvalue weighted by Gasteiger charge is 2.19. The second kappa shape index (κ2) is 7.67. The Balaban J connectivity index is 2.63. The summed E-state index contributed by atoms with van der Waals surface area (Å²) in [6.07, 6.45) is 2.19. The Labute approximate surface area is 130 Å². The molecule has 0 fully saturated rings. The summed E-state index contributed by atoms with van der Waals surface area (Å²) in [6, 6.07) is 5.53. The molecule has 112 valence electrons. The van der Waals surface area contributed by atoms with Crippen molar-refractivity contribution >= 4 is 21.8 Å². The number of ether oxygens (including phenoxy) is 1. The monoisotopic (exact) mass is 341 g/mol. The predicted molar refractivity (Wildman–Crippen MR) is 86.9 cm³/mol. The highest BCUT2D eigenvalue weighted by molar-refractivity contribution is 9.09. The summed E-state index contributed by atoms with van der Waals surface area (Å²) in [4.78, 5) is 12.2. The molecule has 1 aromatic rings. The summed E-state index contributed by atoms with van der Waals surface area (Å²) < 4.78 is 5.25. The van der Waals surface area contributed by atoms with Gasteiger partial charge >= 0.3 is 0 Å². The zero-order chi connectivity index (χ0) is 15.2. The van der Waals surface area contributed by atoms with E-state index in [2.05, 4.69) is 35.1 Å². The van der Waals surface area contributed by atoms with Gasteiger partial charge in [0.2, 0.25) is 0 Å². The third kappa shape index (κ3) is 5.16. The van der Waals surface area contributed by atoms with Crippen LogP contribution in [0, 0.1) is 12.3 Å². The molecule has 1 amide bonds. The quantitative estimate of drug-likeness (QED) is 0.763. The highest BCUT2D eigenvalue weighted by atomic mass is 79.9. The van der Waals surface area contributed by atoms with E-state index in [1.165, 1.54) is 0 Å². The largest absolute Gasteiger partial charge is 0.496 e. The van der Waals surface area contributed by atoms with E-state index in [9.17, 15) is 4.79 Å². The van der Waals surface area contributed by atoms with E-state index in [-0.39, 0.29) is 11.3 Å². The van der Waals surface area contributed by atoms with Crippen molar-refractivity contribution in [1.82, 2.24) is 5.32 Å². The Hall–Kier alpha value is -1.03. The van der Waals surface area contributed by atoms with E-state index < -0.39 is 0 Å². The summed E-state index contributed by atoms with van der Waals surface area (Å²) in [5.41, 5.74) is 1.78. The third-order valence-corrected chi connectivity index (χ3v) is 3.95. The lowest BCUT2D eigenvalue weighted by atomic mass is 9.88. The number of hydrogen-bond acceptors (Lipinski definition) is 2. The Bertz CT molecular complexity index is 458. The summed E-state index contributed by atoms with van der Waals surface area (Å²) >= 11 is 3.44. The molecule has 1 rings (SSSR count). The van der Waals surface area contributed by atoms with Crippen LogP contribution in [0.15, 0.2) is 18.2 Å². The van der Waals surface area contributed by atoms with Gasteiger partial charge in [0.05, 0.1) is 7.11 Å². The molecule has 0 bridgehead atoms. The van der Waals surface area contributed by atoms with Crippen LogP contribution in [-0.2, 0) is 0 Å². The maximum absolute atomic E-state index is 12.2. The fraction of sp³-hybridized carbons (Fsp3) is 0.562. The summed E-state index contributed by atoms with van der Waals surface area (Å²) in [5, 5.41) is 4.01. The number of nitrogens with one attached hydrogen (secondary N) is 1. The normalized spacial score (nSPS) is 11.2. The van der Waals surface area contributed by atoms with E-state index in [0.29, 0.717) is 12.1 Å². The number of amides is 1. The van der Waals surface area contributed by atoms with Crippen molar-refractivity contribution in [3.63, 3.8) is 0 Å². The Morgan fingerprint density at radius 1 is 1.40 bits per heavy atom. The molecule has 0 radical (unpaired) electrons. The van der Waals surface area contributed by atoms with Crippen LogP contribution < -0.4 is 10.1 Å². The van der Waals surface area contributed by atoms with Crippen molar-refractivity contribution in [1.29, 1.82) is 0 Å². The van der Waals surface area contributed by atoms with Crippen molar-refractivity contribution in [3.8, 4) is 5.75 Å². The maximum Gasteiger partial charge on any atom is 0.251 e. The van der Waals surface area contributed by atoms with E-state index in [1.807, 2.05) is 19.1 Å². The zero-order valence-corrected chi connectivity index (χ0v) is 14.3. The molecular formula is C16H24BrNO2. The van der Waals surface area contributed by atoms with Gasteiger partial charge in [-0.3, -0.25) is 4.79 Å². The number of rotatable bonds is 7. The molecule has 4 heteroatoms. The molecule has 0 saturated heterocycles. The van der Waals surface area contributed by atoms with E-state index in [0.717, 1.165) is 29.5 Å². The van der Waals surface area contributed by atoms with Gasteiger partial charge in [-0.05, 0) is 42.9 Å². The zero-order valence-electron chi connectivity index (χ0n) is 12.8. The number of halogens is 1. The number of benzene rings is 1. The van der Waals surface area contributed by atoms with Gasteiger partial charge in [-0.15, -0.1) is 0 Å². The molecule has 0 aliphatic carbocycles. The number of aryl methyl sites for hydroxylation is 1. The number of carbonyl (C=O) groups excluding carboxylic acids is 1. The average molecular weight is 342 g/mol. The first kappa shape index (κ1) is 17.0. The van der Waals surface area contributed by atoms with E-state index in [4.69, 9.17) is 4.74 Å². The van der Waals surface area contributed by atoms with E-state index >= 15 is 0 Å². The average Bonchev–Trinajstić information content (AvgIpc) is 2.43. The van der Waals surface area contributed by atoms with Gasteiger partial charge in [0.1, 0.15) is 5.75 Å². The third-order valence-electron chi connectivity index (χ3n) is 3.38. The number of hydrogen-bond donors (Lipinski definition) is 1. The molecular weight excluding hydrogens is 318 g/mol. The fourth-order valence-corrected chi connectivity index (χ4v) is 2.30. The minimum atomic E-state index is -0.0461. The van der Waals surface area contributed by atoms with Crippen molar-refractivity contribution in [2.24, 2.45) is 5.41 Å². The first-order valence-corrected chi connectivity index (χ1v) is 8.00. The minimum absolute atomic E-state index is 0.0461. The van der Waals surface area contributed by atoms with Crippen LogP contribution in [0.4, 0.5) is 0 Å². The van der Waals surface area contributed by atoms with Gasteiger partial charge in [0, 0.05) is 17.4 Å². The molecule has 0 aliphatic heterocycles. The molecule has 0 saturated carbocycles.